The Morgan fingerprint density at radius 2 is 1.77 bits per heavy atom. The normalized spacial score (nSPS) is 21.8. The number of urea groups is 1. The molecule has 0 bridgehead atoms. The summed E-state index contributed by atoms with van der Waals surface area (Å²) >= 11 is 0. The number of hydrogen-bond acceptors (Lipinski definition) is 4. The molecule has 4 rings (SSSR count). The average molecular weight is 429 g/mol. The van der Waals surface area contributed by atoms with Crippen molar-refractivity contribution < 1.29 is 19.1 Å². The lowest BCUT2D eigenvalue weighted by atomic mass is 9.96. The fourth-order valence-electron chi connectivity index (χ4n) is 4.63. The number of nitrogens with zero attached hydrogens (tertiary/aromatic N) is 2. The quantitative estimate of drug-likeness (QED) is 0.770. The van der Waals surface area contributed by atoms with Gasteiger partial charge in [0, 0.05) is 24.8 Å². The highest BCUT2D eigenvalue weighted by atomic mass is 16.5. The van der Waals surface area contributed by atoms with E-state index in [9.17, 15) is 14.4 Å². The molecule has 0 spiro atoms. The third kappa shape index (κ3) is 5.11. The fraction of sp³-hybridized carbons (Fsp3) is 0.609. The zero-order chi connectivity index (χ0) is 21.8. The molecule has 3 aliphatic rings. The summed E-state index contributed by atoms with van der Waals surface area (Å²) in [6.45, 7) is 3.15. The topological polar surface area (TPSA) is 91.0 Å². The number of benzene rings is 1. The molecule has 4 amide bonds. The van der Waals surface area contributed by atoms with Gasteiger partial charge in [0.2, 0.25) is 5.91 Å². The molecule has 31 heavy (non-hydrogen) atoms. The molecule has 168 valence electrons. The van der Waals surface area contributed by atoms with E-state index in [1.165, 1.54) is 11.3 Å². The smallest absolute Gasteiger partial charge is 0.319 e. The van der Waals surface area contributed by atoms with Gasteiger partial charge in [-0.05, 0) is 57.2 Å². The van der Waals surface area contributed by atoms with Gasteiger partial charge in [-0.15, -0.1) is 0 Å². The molecule has 2 N–H and O–H groups in total. The molecule has 0 radical (unpaired) electrons. The molecule has 1 aliphatic carbocycles. The Morgan fingerprint density at radius 1 is 1.06 bits per heavy atom. The molecule has 2 heterocycles. The molecule has 1 atom stereocenters. The number of carbonyl (C=O) groups excluding carboxylic acids is 3. The Bertz CT molecular complexity index is 831. The SMILES string of the molecule is CC1Oc2ccc(NC(=O)NC3CCCCC3)cc2N(CC(=O)N2CCCCC2)C1=O. The number of hydrogen-bond donors (Lipinski definition) is 2. The number of likely N-dealkylation sites (tertiary alicyclic amines) is 1. The predicted molar refractivity (Wildman–Crippen MR) is 118 cm³/mol. The van der Waals surface area contributed by atoms with E-state index < -0.39 is 6.10 Å². The minimum Gasteiger partial charge on any atom is -0.479 e. The van der Waals surface area contributed by atoms with Crippen LogP contribution in [0.2, 0.25) is 0 Å². The van der Waals surface area contributed by atoms with Crippen molar-refractivity contribution in [2.45, 2.75) is 70.4 Å². The Morgan fingerprint density at radius 3 is 2.52 bits per heavy atom. The summed E-state index contributed by atoms with van der Waals surface area (Å²) in [7, 11) is 0. The molecular formula is C23H32N4O4. The van der Waals surface area contributed by atoms with Crippen LogP contribution in [0.1, 0.15) is 58.3 Å². The molecule has 1 unspecified atom stereocenters. The standard InChI is InChI=1S/C23H32N4O4/c1-16-22(29)27(15-21(28)26-12-6-3-7-13-26)19-14-18(10-11-20(19)31-16)25-23(30)24-17-8-4-2-5-9-17/h10-11,14,16-17H,2-9,12-13,15H2,1H3,(H2,24,25,30). The van der Waals surface area contributed by atoms with Crippen molar-refractivity contribution in [1.82, 2.24) is 10.2 Å². The Kier molecular flexibility index (Phi) is 6.63. The maximum atomic E-state index is 12.8. The van der Waals surface area contributed by atoms with Crippen LogP contribution in [-0.4, -0.2) is 54.5 Å². The van der Waals surface area contributed by atoms with Crippen LogP contribution in [0.15, 0.2) is 18.2 Å². The minimum atomic E-state index is -0.657. The van der Waals surface area contributed by atoms with E-state index in [0.717, 1.165) is 58.0 Å². The number of anilines is 2. The predicted octanol–water partition coefficient (Wildman–Crippen LogP) is 3.27. The van der Waals surface area contributed by atoms with Crippen LogP contribution in [-0.2, 0) is 9.59 Å². The lowest BCUT2D eigenvalue weighted by molar-refractivity contribution is -0.133. The molecular weight excluding hydrogens is 396 g/mol. The fourth-order valence-corrected chi connectivity index (χ4v) is 4.63. The van der Waals surface area contributed by atoms with Gasteiger partial charge in [0.25, 0.3) is 5.91 Å². The first-order chi connectivity index (χ1) is 15.0. The number of piperidine rings is 1. The van der Waals surface area contributed by atoms with Crippen molar-refractivity contribution >= 4 is 29.2 Å². The van der Waals surface area contributed by atoms with Gasteiger partial charge >= 0.3 is 6.03 Å². The highest BCUT2D eigenvalue weighted by Crippen LogP contribution is 2.36. The summed E-state index contributed by atoms with van der Waals surface area (Å²) in [6, 6.07) is 5.16. The molecule has 2 aliphatic heterocycles. The monoisotopic (exact) mass is 428 g/mol. The Labute approximate surface area is 183 Å². The molecule has 0 aromatic heterocycles. The van der Waals surface area contributed by atoms with Crippen LogP contribution >= 0.6 is 0 Å². The summed E-state index contributed by atoms with van der Waals surface area (Å²) < 4.78 is 5.74. The van der Waals surface area contributed by atoms with Crippen molar-refractivity contribution in [2.75, 3.05) is 29.9 Å². The Balaban J connectivity index is 1.47. The van der Waals surface area contributed by atoms with Crippen molar-refractivity contribution in [3.8, 4) is 5.75 Å². The number of fused-ring (bicyclic) bond motifs is 1. The van der Waals surface area contributed by atoms with E-state index in [1.54, 1.807) is 25.1 Å². The molecule has 8 nitrogen and oxygen atoms in total. The number of carbonyl (C=O) groups is 3. The maximum Gasteiger partial charge on any atom is 0.319 e. The van der Waals surface area contributed by atoms with Gasteiger partial charge in [-0.25, -0.2) is 4.79 Å². The van der Waals surface area contributed by atoms with E-state index in [0.29, 0.717) is 17.1 Å². The third-order valence-electron chi connectivity index (χ3n) is 6.37. The highest BCUT2D eigenvalue weighted by Gasteiger charge is 2.34. The molecule has 2 fully saturated rings. The average Bonchev–Trinajstić information content (AvgIpc) is 2.78. The van der Waals surface area contributed by atoms with Crippen LogP contribution in [0, 0.1) is 0 Å². The Hall–Kier alpha value is -2.77. The number of amides is 4. The third-order valence-corrected chi connectivity index (χ3v) is 6.37. The summed E-state index contributed by atoms with van der Waals surface area (Å²) in [4.78, 5) is 41.4. The van der Waals surface area contributed by atoms with E-state index in [1.807, 2.05) is 4.90 Å². The van der Waals surface area contributed by atoms with Gasteiger partial charge < -0.3 is 20.3 Å². The second kappa shape index (κ2) is 9.58. The largest absolute Gasteiger partial charge is 0.479 e. The summed E-state index contributed by atoms with van der Waals surface area (Å²) in [6.07, 6.45) is 7.99. The minimum absolute atomic E-state index is 0.0166. The second-order valence-electron chi connectivity index (χ2n) is 8.74. The molecule has 8 heteroatoms. The molecule has 1 saturated carbocycles. The summed E-state index contributed by atoms with van der Waals surface area (Å²) in [5, 5.41) is 5.89. The number of nitrogens with one attached hydrogen (secondary N) is 2. The number of ether oxygens (including phenoxy) is 1. The second-order valence-corrected chi connectivity index (χ2v) is 8.74. The lowest BCUT2D eigenvalue weighted by Crippen LogP contribution is -2.50. The zero-order valence-corrected chi connectivity index (χ0v) is 18.2. The van der Waals surface area contributed by atoms with Gasteiger partial charge in [-0.3, -0.25) is 14.5 Å². The maximum absolute atomic E-state index is 12.8. The lowest BCUT2D eigenvalue weighted by Gasteiger charge is -2.35. The van der Waals surface area contributed by atoms with Crippen molar-refractivity contribution in [3.05, 3.63) is 18.2 Å². The summed E-state index contributed by atoms with van der Waals surface area (Å²) in [5.74, 6) is 0.236. The first-order valence-electron chi connectivity index (χ1n) is 11.5. The van der Waals surface area contributed by atoms with Crippen LogP contribution in [0.3, 0.4) is 0 Å². The van der Waals surface area contributed by atoms with Crippen LogP contribution in [0.4, 0.5) is 16.2 Å². The van der Waals surface area contributed by atoms with Gasteiger partial charge in [0.1, 0.15) is 12.3 Å². The summed E-state index contributed by atoms with van der Waals surface area (Å²) in [5.41, 5.74) is 1.08. The number of rotatable bonds is 4. The molecule has 1 saturated heterocycles. The highest BCUT2D eigenvalue weighted by molar-refractivity contribution is 6.04. The van der Waals surface area contributed by atoms with Gasteiger partial charge in [0.05, 0.1) is 5.69 Å². The van der Waals surface area contributed by atoms with Crippen molar-refractivity contribution in [3.63, 3.8) is 0 Å². The van der Waals surface area contributed by atoms with Gasteiger partial charge in [0.15, 0.2) is 6.10 Å². The van der Waals surface area contributed by atoms with E-state index in [-0.39, 0.29) is 30.4 Å². The first-order valence-corrected chi connectivity index (χ1v) is 11.5. The van der Waals surface area contributed by atoms with E-state index >= 15 is 0 Å². The van der Waals surface area contributed by atoms with Crippen molar-refractivity contribution in [1.29, 1.82) is 0 Å². The zero-order valence-electron chi connectivity index (χ0n) is 18.2. The van der Waals surface area contributed by atoms with Crippen molar-refractivity contribution in [2.24, 2.45) is 0 Å². The van der Waals surface area contributed by atoms with Crippen LogP contribution < -0.4 is 20.3 Å². The molecule has 1 aromatic carbocycles. The van der Waals surface area contributed by atoms with Crippen LogP contribution in [0.5, 0.6) is 5.75 Å². The first kappa shape index (κ1) is 21.5. The van der Waals surface area contributed by atoms with Crippen LogP contribution in [0.25, 0.3) is 0 Å². The van der Waals surface area contributed by atoms with Gasteiger partial charge in [-0.1, -0.05) is 19.3 Å². The van der Waals surface area contributed by atoms with E-state index in [4.69, 9.17) is 4.74 Å². The van der Waals surface area contributed by atoms with E-state index in [2.05, 4.69) is 10.6 Å². The molecule has 1 aromatic rings. The van der Waals surface area contributed by atoms with Gasteiger partial charge in [-0.2, -0.15) is 0 Å².